The van der Waals surface area contributed by atoms with Crippen LogP contribution in [0.4, 0.5) is 5.69 Å². The van der Waals surface area contributed by atoms with Gasteiger partial charge in [0.25, 0.3) is 0 Å². The highest BCUT2D eigenvalue weighted by molar-refractivity contribution is 5.99. The molecule has 3 aliphatic rings. The number of para-hydroxylation sites is 1. The molecule has 0 radical (unpaired) electrons. The Kier molecular flexibility index (Phi) is 3.69. The highest BCUT2D eigenvalue weighted by Gasteiger charge is 2.67. The third kappa shape index (κ3) is 2.27. The lowest BCUT2D eigenvalue weighted by atomic mass is 9.60. The van der Waals surface area contributed by atoms with Crippen molar-refractivity contribution in [2.75, 3.05) is 5.32 Å². The molecule has 7 heteroatoms. The number of fused-ring (bicyclic) bond motifs is 5. The first kappa shape index (κ1) is 18.0. The van der Waals surface area contributed by atoms with Gasteiger partial charge in [0.1, 0.15) is 18.2 Å². The van der Waals surface area contributed by atoms with E-state index in [2.05, 4.69) is 47.1 Å². The van der Waals surface area contributed by atoms with E-state index in [1.807, 2.05) is 24.3 Å². The smallest absolute Gasteiger partial charge is 0.247 e. The van der Waals surface area contributed by atoms with Crippen LogP contribution in [-0.4, -0.2) is 44.9 Å². The molecular formula is C22H25N5O2. The van der Waals surface area contributed by atoms with Crippen molar-refractivity contribution in [3.8, 4) is 0 Å². The summed E-state index contributed by atoms with van der Waals surface area (Å²) in [6, 6.07) is 7.06. The second-order valence-electron chi connectivity index (χ2n) is 8.80. The standard InChI is InChI=1S/C22H25N5O2/c1-4-21(2,3)22-10-17-18(28)25-16(9-13-11-23-12-24-13)19(29)27(17)20(22)26-15-8-6-5-7-14(15)22/h4-8,11-12,16-17,20,26H,1,9-10H2,2-3H3,(H,23,24)(H,25,28). The van der Waals surface area contributed by atoms with Crippen LogP contribution in [0.15, 0.2) is 49.4 Å². The van der Waals surface area contributed by atoms with Gasteiger partial charge in [-0.25, -0.2) is 4.98 Å². The Labute approximate surface area is 169 Å². The highest BCUT2D eigenvalue weighted by Crippen LogP contribution is 2.60. The number of aromatic amines is 1. The third-order valence-electron chi connectivity index (χ3n) is 7.11. The summed E-state index contributed by atoms with van der Waals surface area (Å²) in [4.78, 5) is 35.4. The molecule has 3 N–H and O–H groups in total. The monoisotopic (exact) mass is 391 g/mol. The molecule has 2 fully saturated rings. The molecular weight excluding hydrogens is 366 g/mol. The zero-order chi connectivity index (χ0) is 20.4. The van der Waals surface area contributed by atoms with Crippen molar-refractivity contribution >= 4 is 17.5 Å². The first-order valence-corrected chi connectivity index (χ1v) is 9.98. The molecule has 0 spiro atoms. The number of piperazine rings is 1. The van der Waals surface area contributed by atoms with Gasteiger partial charge in [-0.1, -0.05) is 38.1 Å². The summed E-state index contributed by atoms with van der Waals surface area (Å²) in [5, 5.41) is 6.51. The number of nitrogens with one attached hydrogen (secondary N) is 3. The minimum atomic E-state index is -0.604. The van der Waals surface area contributed by atoms with Gasteiger partial charge in [-0.3, -0.25) is 9.59 Å². The predicted octanol–water partition coefficient (Wildman–Crippen LogP) is 1.95. The van der Waals surface area contributed by atoms with E-state index in [0.717, 1.165) is 16.9 Å². The molecule has 4 heterocycles. The molecule has 1 aromatic heterocycles. The number of nitrogens with zero attached hydrogens (tertiary/aromatic N) is 2. The van der Waals surface area contributed by atoms with Gasteiger partial charge < -0.3 is 20.5 Å². The Morgan fingerprint density at radius 3 is 2.83 bits per heavy atom. The summed E-state index contributed by atoms with van der Waals surface area (Å²) in [7, 11) is 0. The molecule has 5 rings (SSSR count). The zero-order valence-corrected chi connectivity index (χ0v) is 16.6. The van der Waals surface area contributed by atoms with E-state index >= 15 is 0 Å². The number of carbonyl (C=O) groups is 2. The normalized spacial score (nSPS) is 30.3. The molecule has 0 bridgehead atoms. The summed E-state index contributed by atoms with van der Waals surface area (Å²) < 4.78 is 0. The van der Waals surface area contributed by atoms with Crippen molar-refractivity contribution in [3.05, 3.63) is 60.7 Å². The molecule has 29 heavy (non-hydrogen) atoms. The fourth-order valence-electron chi connectivity index (χ4n) is 5.44. The number of aromatic nitrogens is 2. The Morgan fingerprint density at radius 2 is 2.10 bits per heavy atom. The molecule has 150 valence electrons. The lowest BCUT2D eigenvalue weighted by molar-refractivity contribution is -0.148. The first-order chi connectivity index (χ1) is 13.9. The number of carbonyl (C=O) groups excluding carboxylic acids is 2. The second kappa shape index (κ2) is 5.95. The second-order valence-corrected chi connectivity index (χ2v) is 8.80. The van der Waals surface area contributed by atoms with Crippen LogP contribution >= 0.6 is 0 Å². The fourth-order valence-corrected chi connectivity index (χ4v) is 5.44. The van der Waals surface area contributed by atoms with Crippen LogP contribution in [0.3, 0.4) is 0 Å². The van der Waals surface area contributed by atoms with E-state index in [0.29, 0.717) is 12.8 Å². The summed E-state index contributed by atoms with van der Waals surface area (Å²) >= 11 is 0. The molecule has 7 nitrogen and oxygen atoms in total. The van der Waals surface area contributed by atoms with Crippen LogP contribution in [0.1, 0.15) is 31.5 Å². The Hall–Kier alpha value is -3.09. The van der Waals surface area contributed by atoms with Gasteiger partial charge in [0.05, 0.1) is 6.33 Å². The zero-order valence-electron chi connectivity index (χ0n) is 16.6. The van der Waals surface area contributed by atoms with Crippen LogP contribution in [0.5, 0.6) is 0 Å². The van der Waals surface area contributed by atoms with E-state index in [-0.39, 0.29) is 23.4 Å². The van der Waals surface area contributed by atoms with Crippen LogP contribution in [0.25, 0.3) is 0 Å². The summed E-state index contributed by atoms with van der Waals surface area (Å²) in [6.45, 7) is 8.36. The van der Waals surface area contributed by atoms with Gasteiger partial charge in [0.2, 0.25) is 11.8 Å². The highest BCUT2D eigenvalue weighted by atomic mass is 16.2. The number of hydrogen-bond donors (Lipinski definition) is 3. The summed E-state index contributed by atoms with van der Waals surface area (Å²) in [6.07, 6.45) is 5.88. The maximum Gasteiger partial charge on any atom is 0.247 e. The molecule has 2 saturated heterocycles. The number of anilines is 1. The molecule has 4 atom stereocenters. The minimum absolute atomic E-state index is 0.0590. The predicted molar refractivity (Wildman–Crippen MR) is 109 cm³/mol. The summed E-state index contributed by atoms with van der Waals surface area (Å²) in [5.41, 5.74) is 2.24. The third-order valence-corrected chi connectivity index (χ3v) is 7.11. The molecule has 2 amide bonds. The van der Waals surface area contributed by atoms with Gasteiger partial charge in [0, 0.05) is 29.4 Å². The van der Waals surface area contributed by atoms with Crippen molar-refractivity contribution in [1.82, 2.24) is 20.2 Å². The minimum Gasteiger partial charge on any atom is -0.364 e. The number of rotatable bonds is 4. The number of H-pyrrole nitrogens is 1. The lowest BCUT2D eigenvalue weighted by Gasteiger charge is -2.44. The maximum atomic E-state index is 13.5. The van der Waals surface area contributed by atoms with E-state index in [1.54, 1.807) is 17.4 Å². The van der Waals surface area contributed by atoms with E-state index in [9.17, 15) is 9.59 Å². The van der Waals surface area contributed by atoms with Crippen molar-refractivity contribution in [1.29, 1.82) is 0 Å². The average molecular weight is 391 g/mol. The number of amides is 2. The van der Waals surface area contributed by atoms with E-state index in [4.69, 9.17) is 0 Å². The van der Waals surface area contributed by atoms with Gasteiger partial charge in [-0.2, -0.15) is 0 Å². The number of imidazole rings is 1. The Bertz CT molecular complexity index is 998. The van der Waals surface area contributed by atoms with Crippen LogP contribution in [-0.2, 0) is 21.4 Å². The number of hydrogen-bond acceptors (Lipinski definition) is 4. The van der Waals surface area contributed by atoms with E-state index in [1.165, 1.54) is 0 Å². The SMILES string of the molecule is C=CC(C)(C)C12CC3C(=O)NC(Cc4cnc[nH]4)C(=O)N3C1Nc1ccccc12. The Balaban J connectivity index is 1.59. The number of benzene rings is 1. The Morgan fingerprint density at radius 1 is 1.31 bits per heavy atom. The fraction of sp³-hybridized carbons (Fsp3) is 0.409. The largest absolute Gasteiger partial charge is 0.364 e. The molecule has 3 aliphatic heterocycles. The van der Waals surface area contributed by atoms with Crippen LogP contribution < -0.4 is 10.6 Å². The quantitative estimate of drug-likeness (QED) is 0.695. The topological polar surface area (TPSA) is 90.1 Å². The summed E-state index contributed by atoms with van der Waals surface area (Å²) in [5.74, 6) is -0.154. The molecule has 1 aromatic carbocycles. The molecule has 0 saturated carbocycles. The van der Waals surface area contributed by atoms with Crippen LogP contribution in [0, 0.1) is 5.41 Å². The first-order valence-electron chi connectivity index (χ1n) is 9.98. The van der Waals surface area contributed by atoms with E-state index < -0.39 is 17.5 Å². The average Bonchev–Trinajstić information content (AvgIpc) is 3.40. The van der Waals surface area contributed by atoms with Gasteiger partial charge >= 0.3 is 0 Å². The van der Waals surface area contributed by atoms with Gasteiger partial charge in [0.15, 0.2) is 0 Å². The van der Waals surface area contributed by atoms with Crippen molar-refractivity contribution in [2.24, 2.45) is 5.41 Å². The van der Waals surface area contributed by atoms with Gasteiger partial charge in [-0.15, -0.1) is 6.58 Å². The van der Waals surface area contributed by atoms with Crippen molar-refractivity contribution < 1.29 is 9.59 Å². The van der Waals surface area contributed by atoms with Crippen LogP contribution in [0.2, 0.25) is 0 Å². The van der Waals surface area contributed by atoms with Crippen molar-refractivity contribution in [3.63, 3.8) is 0 Å². The molecule has 2 aromatic rings. The van der Waals surface area contributed by atoms with Crippen molar-refractivity contribution in [2.45, 2.75) is 50.4 Å². The molecule has 0 aliphatic carbocycles. The lowest BCUT2D eigenvalue weighted by Crippen LogP contribution is -2.64. The van der Waals surface area contributed by atoms with Gasteiger partial charge in [-0.05, 0) is 23.5 Å². The maximum absolute atomic E-state index is 13.5. The number of allylic oxidation sites excluding steroid dienone is 1. The molecule has 4 unspecified atom stereocenters.